The normalized spacial score (nSPS) is 9.22. The summed E-state index contributed by atoms with van der Waals surface area (Å²) in [5.74, 6) is -0.755. The van der Waals surface area contributed by atoms with Gasteiger partial charge in [-0.2, -0.15) is 5.11 Å². The molecule has 0 aromatic carbocycles. The van der Waals surface area contributed by atoms with E-state index in [1.165, 1.54) is 13.8 Å². The summed E-state index contributed by atoms with van der Waals surface area (Å²) >= 11 is 0. The van der Waals surface area contributed by atoms with Gasteiger partial charge < -0.3 is 0 Å². The van der Waals surface area contributed by atoms with E-state index in [9.17, 15) is 9.59 Å². The van der Waals surface area contributed by atoms with Gasteiger partial charge in [0.1, 0.15) is 0 Å². The lowest BCUT2D eigenvalue weighted by molar-refractivity contribution is -0.126. The average molecular weight is 128 g/mol. The molecule has 0 fully saturated rings. The zero-order valence-electron chi connectivity index (χ0n) is 5.34. The first-order valence-electron chi connectivity index (χ1n) is 2.47. The summed E-state index contributed by atoms with van der Waals surface area (Å²) in [4.78, 5) is 20.8. The minimum absolute atomic E-state index is 0.377. The van der Waals surface area contributed by atoms with Gasteiger partial charge in [0, 0.05) is 0 Å². The number of hydrogen-bond donors (Lipinski definition) is 1. The van der Waals surface area contributed by atoms with Crippen LogP contribution < -0.4 is 0 Å². The van der Waals surface area contributed by atoms with Crippen LogP contribution in [0.5, 0.6) is 0 Å². The molecule has 4 heteroatoms. The van der Waals surface area contributed by atoms with Crippen LogP contribution in [-0.4, -0.2) is 17.6 Å². The molecule has 0 aliphatic heterocycles. The summed E-state index contributed by atoms with van der Waals surface area (Å²) < 4.78 is 0. The summed E-state index contributed by atoms with van der Waals surface area (Å²) in [6, 6.07) is -1.06. The minimum Gasteiger partial charge on any atom is -0.297 e. The molecule has 0 rings (SSSR count). The van der Waals surface area contributed by atoms with E-state index in [-0.39, 0.29) is 11.6 Å². The second-order valence-corrected chi connectivity index (χ2v) is 1.75. The van der Waals surface area contributed by atoms with Gasteiger partial charge in [-0.3, -0.25) is 9.59 Å². The molecule has 0 aromatic heterocycles. The first-order valence-corrected chi connectivity index (χ1v) is 2.47. The summed E-state index contributed by atoms with van der Waals surface area (Å²) in [5.41, 5.74) is 6.40. The highest BCUT2D eigenvalue weighted by molar-refractivity contribution is 6.04. The van der Waals surface area contributed by atoms with Crippen molar-refractivity contribution in [3.05, 3.63) is 0 Å². The van der Waals surface area contributed by atoms with Crippen molar-refractivity contribution < 1.29 is 9.59 Å². The fraction of sp³-hybridized carbons (Fsp3) is 0.600. The molecule has 0 bridgehead atoms. The van der Waals surface area contributed by atoms with Crippen molar-refractivity contribution in [3.8, 4) is 0 Å². The molecule has 0 aliphatic carbocycles. The van der Waals surface area contributed by atoms with Crippen LogP contribution >= 0.6 is 0 Å². The zero-order valence-corrected chi connectivity index (χ0v) is 5.34. The highest BCUT2D eigenvalue weighted by Crippen LogP contribution is 1.92. The lowest BCUT2D eigenvalue weighted by atomic mass is 10.1. The van der Waals surface area contributed by atoms with Gasteiger partial charge in [0.25, 0.3) is 0 Å². The van der Waals surface area contributed by atoms with E-state index in [1.54, 1.807) is 0 Å². The molecule has 0 saturated carbocycles. The van der Waals surface area contributed by atoms with Gasteiger partial charge in [-0.1, -0.05) is 0 Å². The number of rotatable bonds is 3. The highest BCUT2D eigenvalue weighted by atomic mass is 16.2. The van der Waals surface area contributed by atoms with E-state index < -0.39 is 6.04 Å². The Bertz CT molecular complexity index is 139. The molecule has 0 atom stereocenters. The molecular formula is C5H8N2O2. The Hall–Kier alpha value is -1.06. The molecule has 0 aliphatic rings. The largest absolute Gasteiger partial charge is 0.297 e. The Morgan fingerprint density at radius 3 is 1.67 bits per heavy atom. The topological polar surface area (TPSA) is 70.3 Å². The maximum atomic E-state index is 10.4. The number of carbonyl (C=O) groups is 2. The first-order chi connectivity index (χ1) is 4.09. The predicted molar refractivity (Wildman–Crippen MR) is 30.3 cm³/mol. The van der Waals surface area contributed by atoms with Crippen molar-refractivity contribution in [2.75, 3.05) is 0 Å². The monoisotopic (exact) mass is 128 g/mol. The van der Waals surface area contributed by atoms with Crippen LogP contribution in [0.4, 0.5) is 0 Å². The van der Waals surface area contributed by atoms with E-state index in [0.29, 0.717) is 0 Å². The number of nitrogens with one attached hydrogen (secondary N) is 1. The molecule has 0 saturated heterocycles. The Labute approximate surface area is 52.8 Å². The Morgan fingerprint density at radius 1 is 1.33 bits per heavy atom. The Balaban J connectivity index is 4.16. The van der Waals surface area contributed by atoms with Crippen molar-refractivity contribution in [1.82, 2.24) is 0 Å². The van der Waals surface area contributed by atoms with E-state index in [1.807, 2.05) is 0 Å². The molecule has 9 heavy (non-hydrogen) atoms. The lowest BCUT2D eigenvalue weighted by Crippen LogP contribution is -2.22. The standard InChI is InChI=1S/C5H8N2O2/c1-3(8)5(7-6)4(2)9/h5-6H,1-2H3. The summed E-state index contributed by atoms with van der Waals surface area (Å²) in [6.07, 6.45) is 0. The minimum atomic E-state index is -1.06. The molecule has 50 valence electrons. The number of Topliss-reactive ketones (excluding diaryl/α,β-unsaturated/α-hetero) is 2. The highest BCUT2D eigenvalue weighted by Gasteiger charge is 2.16. The van der Waals surface area contributed by atoms with Gasteiger partial charge in [0.2, 0.25) is 0 Å². The van der Waals surface area contributed by atoms with Crippen molar-refractivity contribution in [2.24, 2.45) is 5.11 Å². The predicted octanol–water partition coefficient (Wildman–Crippen LogP) is 0.564. The summed E-state index contributed by atoms with van der Waals surface area (Å²) in [7, 11) is 0. The number of ketones is 2. The maximum Gasteiger partial charge on any atom is 0.186 e. The first kappa shape index (κ1) is 7.94. The molecule has 0 radical (unpaired) electrons. The molecule has 0 heterocycles. The van der Waals surface area contributed by atoms with Gasteiger partial charge in [0.15, 0.2) is 17.6 Å². The molecule has 0 aromatic rings. The van der Waals surface area contributed by atoms with Gasteiger partial charge in [0.05, 0.1) is 0 Å². The van der Waals surface area contributed by atoms with Crippen molar-refractivity contribution >= 4 is 11.6 Å². The Kier molecular flexibility index (Phi) is 2.70. The van der Waals surface area contributed by atoms with Gasteiger partial charge in [-0.25, -0.2) is 5.53 Å². The second kappa shape index (κ2) is 3.06. The number of carbonyl (C=O) groups excluding carboxylic acids is 2. The quantitative estimate of drug-likeness (QED) is 0.445. The van der Waals surface area contributed by atoms with Crippen LogP contribution in [0, 0.1) is 5.53 Å². The van der Waals surface area contributed by atoms with Crippen LogP contribution in [0.25, 0.3) is 0 Å². The molecule has 1 N–H and O–H groups in total. The number of hydrogen-bond acceptors (Lipinski definition) is 4. The van der Waals surface area contributed by atoms with Gasteiger partial charge >= 0.3 is 0 Å². The molecular weight excluding hydrogens is 120 g/mol. The smallest absolute Gasteiger partial charge is 0.186 e. The molecule has 0 amide bonds. The third-order valence-electron chi connectivity index (χ3n) is 0.899. The van der Waals surface area contributed by atoms with Crippen molar-refractivity contribution in [3.63, 3.8) is 0 Å². The van der Waals surface area contributed by atoms with Gasteiger partial charge in [-0.05, 0) is 13.8 Å². The van der Waals surface area contributed by atoms with Gasteiger partial charge in [-0.15, -0.1) is 0 Å². The van der Waals surface area contributed by atoms with E-state index in [2.05, 4.69) is 5.11 Å². The van der Waals surface area contributed by atoms with Crippen LogP contribution in [0.15, 0.2) is 5.11 Å². The fourth-order valence-electron chi connectivity index (χ4n) is 0.468. The van der Waals surface area contributed by atoms with Crippen LogP contribution in [0.2, 0.25) is 0 Å². The van der Waals surface area contributed by atoms with E-state index in [0.717, 1.165) is 0 Å². The van der Waals surface area contributed by atoms with Crippen LogP contribution in [-0.2, 0) is 9.59 Å². The van der Waals surface area contributed by atoms with Crippen molar-refractivity contribution in [2.45, 2.75) is 19.9 Å². The SMILES string of the molecule is CC(=O)C(N=N)C(C)=O. The lowest BCUT2D eigenvalue weighted by Gasteiger charge is -1.97. The zero-order chi connectivity index (χ0) is 7.44. The van der Waals surface area contributed by atoms with Crippen molar-refractivity contribution in [1.29, 1.82) is 5.53 Å². The fourth-order valence-corrected chi connectivity index (χ4v) is 0.468. The van der Waals surface area contributed by atoms with E-state index >= 15 is 0 Å². The molecule has 0 unspecified atom stereocenters. The third kappa shape index (κ3) is 2.12. The Morgan fingerprint density at radius 2 is 1.67 bits per heavy atom. The van der Waals surface area contributed by atoms with Crippen LogP contribution in [0.1, 0.15) is 13.8 Å². The van der Waals surface area contributed by atoms with Crippen LogP contribution in [0.3, 0.4) is 0 Å². The number of nitrogens with zero attached hydrogens (tertiary/aromatic N) is 1. The second-order valence-electron chi connectivity index (χ2n) is 1.75. The molecule has 0 spiro atoms. The summed E-state index contributed by atoms with van der Waals surface area (Å²) in [5, 5.41) is 2.84. The summed E-state index contributed by atoms with van der Waals surface area (Å²) in [6.45, 7) is 2.48. The average Bonchev–Trinajstić information content (AvgIpc) is 1.64. The molecule has 4 nitrogen and oxygen atoms in total. The maximum absolute atomic E-state index is 10.4. The van der Waals surface area contributed by atoms with E-state index in [4.69, 9.17) is 5.53 Å². The third-order valence-corrected chi connectivity index (χ3v) is 0.899.